The molecule has 0 saturated carbocycles. The average Bonchev–Trinajstić information content (AvgIpc) is 3.31. The average molecular weight is 698 g/mol. The molecule has 0 radical (unpaired) electrons. The number of halogens is 6. The number of hydrogen-bond acceptors (Lipinski definition) is 7. The Labute approximate surface area is 270 Å². The third-order valence-corrected chi connectivity index (χ3v) is 9.13. The summed E-state index contributed by atoms with van der Waals surface area (Å²) in [5.41, 5.74) is -1.44. The van der Waals surface area contributed by atoms with Gasteiger partial charge in [-0.2, -0.15) is 17.6 Å². The van der Waals surface area contributed by atoms with Gasteiger partial charge in [-0.25, -0.2) is 12.8 Å². The minimum Gasteiger partial charge on any atom is -0.433 e. The molecule has 0 saturated heterocycles. The van der Waals surface area contributed by atoms with E-state index in [1.165, 1.54) is 56.4 Å². The van der Waals surface area contributed by atoms with Crippen LogP contribution in [0.3, 0.4) is 0 Å². The molecule has 2 amide bonds. The van der Waals surface area contributed by atoms with E-state index in [1.807, 2.05) is 4.72 Å². The van der Waals surface area contributed by atoms with Crippen molar-refractivity contribution in [2.24, 2.45) is 0 Å². The number of hydrogen-bond donors (Lipinski definition) is 1. The van der Waals surface area contributed by atoms with Crippen LogP contribution in [0.15, 0.2) is 54.7 Å². The summed E-state index contributed by atoms with van der Waals surface area (Å²) in [6.07, 6.45) is 1.24. The van der Waals surface area contributed by atoms with E-state index in [-0.39, 0.29) is 44.8 Å². The molecule has 9 nitrogen and oxygen atoms in total. The molecule has 0 unspecified atom stereocenters. The molecule has 5 rings (SSSR count). The number of rotatable bonds is 10. The fourth-order valence-corrected chi connectivity index (χ4v) is 6.98. The summed E-state index contributed by atoms with van der Waals surface area (Å²) >= 11 is 6.13. The lowest BCUT2D eigenvalue weighted by molar-refractivity contribution is -0.123. The Morgan fingerprint density at radius 1 is 1.06 bits per heavy atom. The van der Waals surface area contributed by atoms with Crippen molar-refractivity contribution in [3.63, 3.8) is 0 Å². The molecule has 2 heterocycles. The lowest BCUT2D eigenvalue weighted by atomic mass is 9.84. The lowest BCUT2D eigenvalue weighted by Gasteiger charge is -2.25. The molecule has 3 aromatic carbocycles. The van der Waals surface area contributed by atoms with Crippen LogP contribution in [-0.2, 0) is 32.5 Å². The van der Waals surface area contributed by atoms with Gasteiger partial charge in [-0.15, -0.1) is 0 Å². The van der Waals surface area contributed by atoms with Crippen LogP contribution in [0.25, 0.3) is 10.9 Å². The molecular weight excluding hydrogens is 673 g/mol. The van der Waals surface area contributed by atoms with Gasteiger partial charge in [0.1, 0.15) is 17.1 Å². The largest absolute Gasteiger partial charge is 0.433 e. The molecule has 0 atom stereocenters. The number of alkyl halides is 4. The molecule has 16 heteroatoms. The molecule has 1 aliphatic rings. The number of amides is 2. The second kappa shape index (κ2) is 12.6. The molecule has 0 aliphatic carbocycles. The monoisotopic (exact) mass is 697 g/mol. The third-order valence-electron chi connectivity index (χ3n) is 7.59. The fraction of sp³-hybridized carbons (Fsp3) is 0.258. The van der Waals surface area contributed by atoms with Gasteiger partial charge >= 0.3 is 13.2 Å². The number of benzene rings is 3. The van der Waals surface area contributed by atoms with E-state index < -0.39 is 69.1 Å². The first kappa shape index (κ1) is 33.9. The van der Waals surface area contributed by atoms with Crippen molar-refractivity contribution in [2.45, 2.75) is 51.7 Å². The molecule has 1 N–H and O–H groups in total. The first-order chi connectivity index (χ1) is 22.0. The number of sulfonamides is 1. The number of fused-ring (bicyclic) bond motifs is 2. The number of nitrogens with one attached hydrogen (secondary N) is 1. The van der Waals surface area contributed by atoms with Crippen LogP contribution in [-0.4, -0.2) is 38.4 Å². The van der Waals surface area contributed by atoms with Crippen LogP contribution in [0.5, 0.6) is 11.5 Å². The van der Waals surface area contributed by atoms with Crippen LogP contribution < -0.4 is 19.1 Å². The lowest BCUT2D eigenvalue weighted by Crippen LogP contribution is -2.43. The zero-order valence-corrected chi connectivity index (χ0v) is 26.4. The standard InChI is InChI=1S/C31H25ClF5N3O6S/c1-15-11-16(14-47(43,44)39-28(42)31(2,3)20-12-17(33)7-8-21(20)32)6-9-22(15)40-13-19-23(27(40)41)25(45-29(34)35)18-5-4-10-38-24(18)26(19)46-30(36)37/h4-12,29-30H,13-14H2,1-3H3,(H,39,42). The number of carbonyl (C=O) groups is 2. The number of aryl methyl sites for hydroxylation is 1. The van der Waals surface area contributed by atoms with Gasteiger partial charge in [0, 0.05) is 27.9 Å². The Morgan fingerprint density at radius 3 is 2.40 bits per heavy atom. The van der Waals surface area contributed by atoms with Crippen molar-refractivity contribution in [3.8, 4) is 11.5 Å². The highest BCUT2D eigenvalue weighted by Gasteiger charge is 2.39. The summed E-state index contributed by atoms with van der Waals surface area (Å²) in [6, 6.07) is 10.2. The summed E-state index contributed by atoms with van der Waals surface area (Å²) in [7, 11) is -4.31. The molecule has 248 valence electrons. The quantitative estimate of drug-likeness (QED) is 0.185. The van der Waals surface area contributed by atoms with Gasteiger partial charge in [0.2, 0.25) is 15.9 Å². The van der Waals surface area contributed by atoms with Crippen LogP contribution in [0.2, 0.25) is 5.02 Å². The van der Waals surface area contributed by atoms with E-state index in [0.29, 0.717) is 5.56 Å². The highest BCUT2D eigenvalue weighted by molar-refractivity contribution is 7.89. The molecule has 1 aromatic heterocycles. The predicted molar refractivity (Wildman–Crippen MR) is 162 cm³/mol. The molecule has 0 bridgehead atoms. The highest BCUT2D eigenvalue weighted by atomic mass is 35.5. The molecule has 47 heavy (non-hydrogen) atoms. The Kier molecular flexibility index (Phi) is 9.08. The SMILES string of the molecule is Cc1cc(CS(=O)(=O)NC(=O)C(C)(C)c2cc(F)ccc2Cl)ccc1N1Cc2c(c(OC(F)F)c3cccnc3c2OC(F)F)C1=O. The highest BCUT2D eigenvalue weighted by Crippen LogP contribution is 2.46. The molecule has 0 spiro atoms. The Bertz CT molecular complexity index is 2030. The smallest absolute Gasteiger partial charge is 0.387 e. The summed E-state index contributed by atoms with van der Waals surface area (Å²) in [4.78, 5) is 31.8. The number of ether oxygens (including phenoxy) is 2. The van der Waals surface area contributed by atoms with E-state index >= 15 is 0 Å². The van der Waals surface area contributed by atoms with E-state index in [4.69, 9.17) is 21.1 Å². The number of anilines is 1. The Morgan fingerprint density at radius 2 is 1.74 bits per heavy atom. The third kappa shape index (κ3) is 6.67. The van der Waals surface area contributed by atoms with E-state index in [1.54, 1.807) is 6.92 Å². The molecule has 4 aromatic rings. The van der Waals surface area contributed by atoms with Gasteiger partial charge in [-0.3, -0.25) is 19.3 Å². The molecule has 1 aliphatic heterocycles. The zero-order valence-electron chi connectivity index (χ0n) is 24.8. The van der Waals surface area contributed by atoms with Gasteiger partial charge in [-0.1, -0.05) is 23.7 Å². The van der Waals surface area contributed by atoms with E-state index in [0.717, 1.165) is 17.0 Å². The minimum absolute atomic E-state index is 0.0684. The van der Waals surface area contributed by atoms with Crippen molar-refractivity contribution in [1.82, 2.24) is 9.71 Å². The van der Waals surface area contributed by atoms with E-state index in [9.17, 15) is 40.0 Å². The van der Waals surface area contributed by atoms with Gasteiger partial charge in [0.05, 0.1) is 23.3 Å². The maximum absolute atomic E-state index is 13.8. The second-order valence-electron chi connectivity index (χ2n) is 11.1. The first-order valence-corrected chi connectivity index (χ1v) is 15.8. The van der Waals surface area contributed by atoms with Crippen molar-refractivity contribution in [3.05, 3.63) is 93.4 Å². The Hall–Kier alpha value is -4.50. The maximum atomic E-state index is 13.8. The van der Waals surface area contributed by atoms with Crippen LogP contribution >= 0.6 is 11.6 Å². The van der Waals surface area contributed by atoms with Crippen molar-refractivity contribution < 1.29 is 49.4 Å². The topological polar surface area (TPSA) is 115 Å². The Balaban J connectivity index is 1.44. The van der Waals surface area contributed by atoms with Crippen molar-refractivity contribution in [2.75, 3.05) is 4.90 Å². The number of carbonyl (C=O) groups excluding carboxylic acids is 2. The molecule has 0 fully saturated rings. The van der Waals surface area contributed by atoms with Crippen LogP contribution in [0.4, 0.5) is 27.6 Å². The normalized spacial score (nSPS) is 13.4. The van der Waals surface area contributed by atoms with Gasteiger partial charge in [0.25, 0.3) is 5.91 Å². The summed E-state index contributed by atoms with van der Waals surface area (Å²) in [6.45, 7) is -2.75. The number of nitrogens with zero attached hydrogens (tertiary/aromatic N) is 2. The van der Waals surface area contributed by atoms with Gasteiger partial charge in [0.15, 0.2) is 5.75 Å². The predicted octanol–water partition coefficient (Wildman–Crippen LogP) is 6.62. The second-order valence-corrected chi connectivity index (χ2v) is 13.2. The summed E-state index contributed by atoms with van der Waals surface area (Å²) < 4.78 is 105. The summed E-state index contributed by atoms with van der Waals surface area (Å²) in [5.74, 6) is -4.16. The molecular formula is C31H25ClF5N3O6S. The van der Waals surface area contributed by atoms with Gasteiger partial charge in [-0.05, 0) is 73.9 Å². The minimum atomic E-state index is -4.31. The van der Waals surface area contributed by atoms with Crippen molar-refractivity contribution in [1.29, 1.82) is 0 Å². The van der Waals surface area contributed by atoms with Crippen LogP contribution in [0, 0.1) is 12.7 Å². The first-order valence-electron chi connectivity index (χ1n) is 13.7. The fourth-order valence-electron chi connectivity index (χ4n) is 5.39. The van der Waals surface area contributed by atoms with Gasteiger partial charge < -0.3 is 14.4 Å². The van der Waals surface area contributed by atoms with Crippen molar-refractivity contribution >= 4 is 50.0 Å². The number of pyridine rings is 1. The maximum Gasteiger partial charge on any atom is 0.387 e. The number of aromatic nitrogens is 1. The van der Waals surface area contributed by atoms with Crippen LogP contribution in [0.1, 0.15) is 46.5 Å². The summed E-state index contributed by atoms with van der Waals surface area (Å²) in [5, 5.41) is -0.0708. The van der Waals surface area contributed by atoms with E-state index in [2.05, 4.69) is 4.98 Å². The zero-order chi connectivity index (χ0) is 34.4.